The van der Waals surface area contributed by atoms with Crippen LogP contribution in [0.25, 0.3) is 0 Å². The number of hydrogen-bond acceptors (Lipinski definition) is 2. The standard InChI is InChI=1S/C29H58O3/c1-2-3-4-5-6-7-8-9-10-13-16-19-22-25-28(30)26-23-20-17-14-11-12-15-18-21-24-27-29(31)32/h28,30H,2-27H2,1H3,(H,31,32). The Bertz CT molecular complexity index is 369. The van der Waals surface area contributed by atoms with Crippen LogP contribution in [0, 0.1) is 0 Å². The molecule has 0 spiro atoms. The van der Waals surface area contributed by atoms with Gasteiger partial charge in [-0.2, -0.15) is 0 Å². The summed E-state index contributed by atoms with van der Waals surface area (Å²) in [4.78, 5) is 10.4. The summed E-state index contributed by atoms with van der Waals surface area (Å²) in [6.07, 6.45) is 32.2. The Labute approximate surface area is 201 Å². The summed E-state index contributed by atoms with van der Waals surface area (Å²) in [6.45, 7) is 2.28. The molecule has 0 saturated heterocycles. The lowest BCUT2D eigenvalue weighted by Crippen LogP contribution is -2.05. The lowest BCUT2D eigenvalue weighted by molar-refractivity contribution is -0.137. The Hall–Kier alpha value is -0.570. The van der Waals surface area contributed by atoms with Crippen molar-refractivity contribution in [2.24, 2.45) is 0 Å². The third kappa shape index (κ3) is 27.5. The van der Waals surface area contributed by atoms with Gasteiger partial charge in [0.25, 0.3) is 0 Å². The second-order valence-corrected chi connectivity index (χ2v) is 10.2. The van der Waals surface area contributed by atoms with Gasteiger partial charge in [0.05, 0.1) is 6.10 Å². The molecule has 0 radical (unpaired) electrons. The minimum atomic E-state index is -0.667. The van der Waals surface area contributed by atoms with Crippen LogP contribution in [0.2, 0.25) is 0 Å². The quantitative estimate of drug-likeness (QED) is 0.121. The third-order valence-corrected chi connectivity index (χ3v) is 6.82. The van der Waals surface area contributed by atoms with Crippen molar-refractivity contribution in [3.63, 3.8) is 0 Å². The number of aliphatic hydroxyl groups is 1. The highest BCUT2D eigenvalue weighted by atomic mass is 16.4. The molecule has 0 aliphatic rings. The topological polar surface area (TPSA) is 57.5 Å². The van der Waals surface area contributed by atoms with Crippen LogP contribution in [0.5, 0.6) is 0 Å². The lowest BCUT2D eigenvalue weighted by Gasteiger charge is -2.10. The molecule has 0 fully saturated rings. The smallest absolute Gasteiger partial charge is 0.303 e. The Morgan fingerprint density at radius 1 is 0.500 bits per heavy atom. The second kappa shape index (κ2) is 26.7. The highest BCUT2D eigenvalue weighted by Gasteiger charge is 2.04. The van der Waals surface area contributed by atoms with Gasteiger partial charge in [-0.05, 0) is 19.3 Å². The van der Waals surface area contributed by atoms with Crippen molar-refractivity contribution in [1.29, 1.82) is 0 Å². The Morgan fingerprint density at radius 3 is 1.09 bits per heavy atom. The summed E-state index contributed by atoms with van der Waals surface area (Å²) in [5.41, 5.74) is 0. The molecule has 0 rings (SSSR count). The van der Waals surface area contributed by atoms with Gasteiger partial charge in [0.2, 0.25) is 0 Å². The molecule has 0 aromatic rings. The first kappa shape index (κ1) is 31.4. The molecule has 0 aliphatic heterocycles. The summed E-state index contributed by atoms with van der Waals surface area (Å²) < 4.78 is 0. The monoisotopic (exact) mass is 454 g/mol. The number of carboxylic acids is 1. The molecule has 32 heavy (non-hydrogen) atoms. The Morgan fingerprint density at radius 2 is 0.781 bits per heavy atom. The van der Waals surface area contributed by atoms with Gasteiger partial charge in [-0.1, -0.05) is 148 Å². The van der Waals surface area contributed by atoms with Gasteiger partial charge >= 0.3 is 5.97 Å². The molecule has 3 nitrogen and oxygen atoms in total. The molecule has 192 valence electrons. The number of unbranched alkanes of at least 4 members (excludes halogenated alkanes) is 21. The largest absolute Gasteiger partial charge is 0.481 e. The van der Waals surface area contributed by atoms with Crippen LogP contribution in [0.15, 0.2) is 0 Å². The third-order valence-electron chi connectivity index (χ3n) is 6.82. The predicted molar refractivity (Wildman–Crippen MR) is 139 cm³/mol. The molecule has 0 saturated carbocycles. The average Bonchev–Trinajstić information content (AvgIpc) is 2.77. The molecule has 0 heterocycles. The van der Waals surface area contributed by atoms with Crippen molar-refractivity contribution < 1.29 is 15.0 Å². The number of carbonyl (C=O) groups is 1. The van der Waals surface area contributed by atoms with Crippen LogP contribution >= 0.6 is 0 Å². The highest BCUT2D eigenvalue weighted by Crippen LogP contribution is 2.16. The second-order valence-electron chi connectivity index (χ2n) is 10.2. The summed E-state index contributed by atoms with van der Waals surface area (Å²) in [6, 6.07) is 0. The first-order valence-electron chi connectivity index (χ1n) is 14.6. The van der Waals surface area contributed by atoms with Crippen LogP contribution in [0.1, 0.15) is 174 Å². The van der Waals surface area contributed by atoms with Gasteiger partial charge < -0.3 is 10.2 Å². The maximum Gasteiger partial charge on any atom is 0.303 e. The van der Waals surface area contributed by atoms with Gasteiger partial charge in [-0.3, -0.25) is 4.79 Å². The molecule has 0 amide bonds. The summed E-state index contributed by atoms with van der Waals surface area (Å²) in [7, 11) is 0. The van der Waals surface area contributed by atoms with Gasteiger partial charge in [-0.25, -0.2) is 0 Å². The first-order valence-corrected chi connectivity index (χ1v) is 14.6. The molecule has 0 aliphatic carbocycles. The van der Waals surface area contributed by atoms with Crippen molar-refractivity contribution in [3.05, 3.63) is 0 Å². The average molecular weight is 455 g/mol. The van der Waals surface area contributed by atoms with Crippen LogP contribution < -0.4 is 0 Å². The van der Waals surface area contributed by atoms with E-state index in [1.165, 1.54) is 135 Å². The first-order chi connectivity index (χ1) is 15.7. The summed E-state index contributed by atoms with van der Waals surface area (Å²) in [5, 5.41) is 18.8. The van der Waals surface area contributed by atoms with Crippen LogP contribution in [-0.4, -0.2) is 22.3 Å². The molecule has 2 N–H and O–H groups in total. The lowest BCUT2D eigenvalue weighted by atomic mass is 10.0. The van der Waals surface area contributed by atoms with Crippen LogP contribution in [0.4, 0.5) is 0 Å². The fourth-order valence-corrected chi connectivity index (χ4v) is 4.61. The van der Waals surface area contributed by atoms with Crippen molar-refractivity contribution in [2.45, 2.75) is 180 Å². The Kier molecular flexibility index (Phi) is 26.2. The van der Waals surface area contributed by atoms with Crippen LogP contribution in [0.3, 0.4) is 0 Å². The fourth-order valence-electron chi connectivity index (χ4n) is 4.61. The van der Waals surface area contributed by atoms with E-state index in [2.05, 4.69) is 6.92 Å². The number of aliphatic hydroxyl groups excluding tert-OH is 1. The van der Waals surface area contributed by atoms with Crippen molar-refractivity contribution >= 4 is 5.97 Å². The normalized spacial score (nSPS) is 12.3. The van der Waals surface area contributed by atoms with E-state index < -0.39 is 5.97 Å². The highest BCUT2D eigenvalue weighted by molar-refractivity contribution is 5.66. The van der Waals surface area contributed by atoms with E-state index in [1.807, 2.05) is 0 Å². The predicted octanol–water partition coefficient (Wildman–Crippen LogP) is 9.59. The minimum Gasteiger partial charge on any atom is -0.481 e. The molecule has 1 unspecified atom stereocenters. The molecular weight excluding hydrogens is 396 g/mol. The molecular formula is C29H58O3. The number of carboxylic acid groups (broad SMARTS) is 1. The number of aliphatic carboxylic acids is 1. The maximum atomic E-state index is 10.4. The summed E-state index contributed by atoms with van der Waals surface area (Å²) in [5.74, 6) is -0.667. The van der Waals surface area contributed by atoms with Crippen molar-refractivity contribution in [1.82, 2.24) is 0 Å². The SMILES string of the molecule is CCCCCCCCCCCCCCCC(O)CCCCCCCCCCCCC(=O)O. The van der Waals surface area contributed by atoms with E-state index in [0.29, 0.717) is 6.42 Å². The van der Waals surface area contributed by atoms with E-state index >= 15 is 0 Å². The number of hydrogen-bond donors (Lipinski definition) is 2. The van der Waals surface area contributed by atoms with E-state index in [0.717, 1.165) is 25.7 Å². The maximum absolute atomic E-state index is 10.4. The van der Waals surface area contributed by atoms with Gasteiger partial charge in [0.1, 0.15) is 0 Å². The molecule has 1 atom stereocenters. The molecule has 0 aromatic heterocycles. The molecule has 0 bridgehead atoms. The minimum absolute atomic E-state index is 0.0755. The molecule has 0 aromatic carbocycles. The molecule has 3 heteroatoms. The zero-order valence-corrected chi connectivity index (χ0v) is 21.8. The Balaban J connectivity index is 3.15. The van der Waals surface area contributed by atoms with Crippen molar-refractivity contribution in [2.75, 3.05) is 0 Å². The van der Waals surface area contributed by atoms with Gasteiger partial charge in [-0.15, -0.1) is 0 Å². The van der Waals surface area contributed by atoms with E-state index in [-0.39, 0.29) is 6.10 Å². The van der Waals surface area contributed by atoms with Crippen molar-refractivity contribution in [3.8, 4) is 0 Å². The fraction of sp³-hybridized carbons (Fsp3) is 0.966. The zero-order chi connectivity index (χ0) is 23.5. The van der Waals surface area contributed by atoms with E-state index in [9.17, 15) is 9.90 Å². The van der Waals surface area contributed by atoms with Gasteiger partial charge in [0, 0.05) is 6.42 Å². The van der Waals surface area contributed by atoms with E-state index in [4.69, 9.17) is 5.11 Å². The number of rotatable bonds is 27. The van der Waals surface area contributed by atoms with E-state index in [1.54, 1.807) is 0 Å². The zero-order valence-electron chi connectivity index (χ0n) is 21.8. The van der Waals surface area contributed by atoms with Crippen LogP contribution in [-0.2, 0) is 4.79 Å². The van der Waals surface area contributed by atoms with Gasteiger partial charge in [0.15, 0.2) is 0 Å². The summed E-state index contributed by atoms with van der Waals surface area (Å²) >= 11 is 0.